The molecule has 2 N–H and O–H groups in total. The topological polar surface area (TPSA) is 70.4 Å². The summed E-state index contributed by atoms with van der Waals surface area (Å²) in [5.41, 5.74) is -0.389. The van der Waals surface area contributed by atoms with Crippen molar-refractivity contribution in [3.63, 3.8) is 0 Å². The Balaban J connectivity index is 1.91. The van der Waals surface area contributed by atoms with Crippen molar-refractivity contribution < 1.29 is 9.90 Å². The molecule has 1 fully saturated rings. The maximum Gasteiger partial charge on any atom is 0.237 e. The van der Waals surface area contributed by atoms with Gasteiger partial charge in [0.2, 0.25) is 5.91 Å². The van der Waals surface area contributed by atoms with Gasteiger partial charge in [0.25, 0.3) is 0 Å². The van der Waals surface area contributed by atoms with Gasteiger partial charge >= 0.3 is 0 Å². The molecule has 1 aliphatic rings. The molecule has 1 amide bonds. The smallest absolute Gasteiger partial charge is 0.237 e. The van der Waals surface area contributed by atoms with Crippen LogP contribution in [0.4, 0.5) is 0 Å². The molecule has 2 heterocycles. The number of aromatic nitrogens is 2. The Morgan fingerprint density at radius 1 is 1.62 bits per heavy atom. The van der Waals surface area contributed by atoms with Crippen molar-refractivity contribution in [3.05, 3.63) is 18.0 Å². The molecule has 1 aliphatic heterocycles. The van der Waals surface area contributed by atoms with Crippen LogP contribution >= 0.6 is 0 Å². The lowest BCUT2D eigenvalue weighted by Crippen LogP contribution is -2.47. The molecule has 2 rings (SSSR count). The number of carbonyl (C=O) groups is 1. The fraction of sp³-hybridized carbons (Fsp3) is 0.733. The van der Waals surface area contributed by atoms with E-state index in [-0.39, 0.29) is 18.5 Å². The van der Waals surface area contributed by atoms with Crippen molar-refractivity contribution in [2.75, 3.05) is 19.6 Å². The van der Waals surface area contributed by atoms with Crippen molar-refractivity contribution in [2.45, 2.75) is 44.8 Å². The van der Waals surface area contributed by atoms with Crippen LogP contribution in [0.2, 0.25) is 0 Å². The molecule has 1 aromatic heterocycles. The zero-order valence-electron chi connectivity index (χ0n) is 13.2. The Kier molecular flexibility index (Phi) is 5.00. The van der Waals surface area contributed by atoms with Crippen molar-refractivity contribution in [3.8, 4) is 0 Å². The Morgan fingerprint density at radius 3 is 3.00 bits per heavy atom. The summed E-state index contributed by atoms with van der Waals surface area (Å²) in [6.45, 7) is 5.97. The molecular weight excluding hydrogens is 268 g/mol. The van der Waals surface area contributed by atoms with Gasteiger partial charge in [0.1, 0.15) is 5.60 Å². The van der Waals surface area contributed by atoms with Crippen molar-refractivity contribution in [1.82, 2.24) is 20.0 Å². The highest BCUT2D eigenvalue weighted by Crippen LogP contribution is 2.20. The number of nitrogens with one attached hydrogen (secondary N) is 1. The molecule has 1 aromatic rings. The van der Waals surface area contributed by atoms with Crippen LogP contribution in [0, 0.1) is 0 Å². The lowest BCUT2D eigenvalue weighted by Gasteiger charge is -2.26. The van der Waals surface area contributed by atoms with E-state index in [0.29, 0.717) is 5.56 Å². The van der Waals surface area contributed by atoms with E-state index in [1.807, 2.05) is 0 Å². The maximum atomic E-state index is 12.3. The van der Waals surface area contributed by atoms with Crippen LogP contribution in [0.25, 0.3) is 0 Å². The van der Waals surface area contributed by atoms with Crippen molar-refractivity contribution in [2.24, 2.45) is 7.05 Å². The first-order chi connectivity index (χ1) is 9.94. The minimum absolute atomic E-state index is 0.0186. The molecule has 2 unspecified atom stereocenters. The zero-order chi connectivity index (χ0) is 15.5. The average molecular weight is 294 g/mol. The molecular formula is C15H26N4O2. The quantitative estimate of drug-likeness (QED) is 0.807. The van der Waals surface area contributed by atoms with Gasteiger partial charge in [-0.3, -0.25) is 14.4 Å². The lowest BCUT2D eigenvalue weighted by atomic mass is 9.99. The van der Waals surface area contributed by atoms with Crippen LogP contribution in [-0.2, 0) is 17.4 Å². The maximum absolute atomic E-state index is 12.3. The normalized spacial score (nSPS) is 22.2. The summed E-state index contributed by atoms with van der Waals surface area (Å²) in [6.07, 6.45) is 6.42. The molecule has 6 heteroatoms. The van der Waals surface area contributed by atoms with Gasteiger partial charge in [-0.2, -0.15) is 5.10 Å². The minimum atomic E-state index is -1.10. The first kappa shape index (κ1) is 16.0. The third kappa shape index (κ3) is 3.83. The highest BCUT2D eigenvalue weighted by molar-refractivity contribution is 5.82. The summed E-state index contributed by atoms with van der Waals surface area (Å²) in [4.78, 5) is 14.6. The van der Waals surface area contributed by atoms with Gasteiger partial charge in [-0.1, -0.05) is 6.92 Å². The fourth-order valence-electron chi connectivity index (χ4n) is 2.86. The summed E-state index contributed by atoms with van der Waals surface area (Å²) >= 11 is 0. The number of aliphatic hydroxyl groups is 1. The molecule has 0 radical (unpaired) electrons. The number of carbonyl (C=O) groups excluding carboxylic acids is 1. The monoisotopic (exact) mass is 294 g/mol. The summed E-state index contributed by atoms with van der Waals surface area (Å²) in [7, 11) is 1.80. The van der Waals surface area contributed by atoms with Gasteiger partial charge in [0.05, 0.1) is 18.8 Å². The summed E-state index contributed by atoms with van der Waals surface area (Å²) in [5.74, 6) is 0.0186. The number of likely N-dealkylation sites (tertiary alicyclic amines) is 1. The second-order valence-corrected chi connectivity index (χ2v) is 6.09. The Bertz CT molecular complexity index is 484. The Labute approximate surface area is 126 Å². The Hall–Kier alpha value is -1.40. The van der Waals surface area contributed by atoms with E-state index in [0.717, 1.165) is 32.4 Å². The van der Waals surface area contributed by atoms with E-state index in [1.54, 1.807) is 31.0 Å². The van der Waals surface area contributed by atoms with Crippen LogP contribution in [0.3, 0.4) is 0 Å². The van der Waals surface area contributed by atoms with Crippen LogP contribution in [0.5, 0.6) is 0 Å². The largest absolute Gasteiger partial charge is 0.383 e. The number of hydrogen-bond donors (Lipinski definition) is 2. The number of aryl methyl sites for hydroxylation is 1. The fourth-order valence-corrected chi connectivity index (χ4v) is 2.86. The third-order valence-electron chi connectivity index (χ3n) is 4.11. The summed E-state index contributed by atoms with van der Waals surface area (Å²) < 4.78 is 1.64. The van der Waals surface area contributed by atoms with E-state index >= 15 is 0 Å². The van der Waals surface area contributed by atoms with Gasteiger partial charge < -0.3 is 10.4 Å². The van der Waals surface area contributed by atoms with Crippen LogP contribution < -0.4 is 5.32 Å². The molecule has 0 saturated carbocycles. The highest BCUT2D eigenvalue weighted by atomic mass is 16.3. The Morgan fingerprint density at radius 2 is 2.38 bits per heavy atom. The second kappa shape index (κ2) is 6.58. The van der Waals surface area contributed by atoms with E-state index in [4.69, 9.17) is 0 Å². The first-order valence-electron chi connectivity index (χ1n) is 7.67. The van der Waals surface area contributed by atoms with Crippen LogP contribution in [0.15, 0.2) is 12.4 Å². The second-order valence-electron chi connectivity index (χ2n) is 6.09. The number of rotatable bonds is 6. The summed E-state index contributed by atoms with van der Waals surface area (Å²) in [5, 5.41) is 17.4. The lowest BCUT2D eigenvalue weighted by molar-refractivity contribution is -0.126. The number of amides is 1. The first-order valence-corrected chi connectivity index (χ1v) is 7.67. The van der Waals surface area contributed by atoms with Crippen molar-refractivity contribution >= 4 is 5.91 Å². The van der Waals surface area contributed by atoms with Gasteiger partial charge in [0, 0.05) is 18.8 Å². The van der Waals surface area contributed by atoms with Gasteiger partial charge in [-0.25, -0.2) is 0 Å². The van der Waals surface area contributed by atoms with Crippen LogP contribution in [0.1, 0.15) is 38.7 Å². The van der Waals surface area contributed by atoms with Crippen LogP contribution in [-0.4, -0.2) is 51.4 Å². The van der Waals surface area contributed by atoms with E-state index in [9.17, 15) is 9.90 Å². The minimum Gasteiger partial charge on any atom is -0.383 e. The van der Waals surface area contributed by atoms with E-state index in [2.05, 4.69) is 22.2 Å². The molecule has 0 spiro atoms. The van der Waals surface area contributed by atoms with Crippen molar-refractivity contribution in [1.29, 1.82) is 0 Å². The molecule has 21 heavy (non-hydrogen) atoms. The molecule has 118 valence electrons. The highest BCUT2D eigenvalue weighted by Gasteiger charge is 2.32. The average Bonchev–Trinajstić information content (AvgIpc) is 3.06. The summed E-state index contributed by atoms with van der Waals surface area (Å²) in [6, 6.07) is -0.0466. The number of nitrogens with zero attached hydrogens (tertiary/aromatic N) is 3. The third-order valence-corrected chi connectivity index (χ3v) is 4.11. The molecule has 0 aliphatic carbocycles. The van der Waals surface area contributed by atoms with Gasteiger partial charge in [-0.15, -0.1) is 0 Å². The molecule has 6 nitrogen and oxygen atoms in total. The standard InChI is InChI=1S/C15H26N4O2/c1-4-7-19-8-5-6-13(19)14(20)16-11-15(2,21)12-9-17-18(3)10-12/h9-10,13,21H,4-8,11H2,1-3H3,(H,16,20). The van der Waals surface area contributed by atoms with E-state index < -0.39 is 5.60 Å². The predicted molar refractivity (Wildman–Crippen MR) is 80.7 cm³/mol. The molecule has 2 atom stereocenters. The van der Waals surface area contributed by atoms with E-state index in [1.165, 1.54) is 0 Å². The molecule has 0 aromatic carbocycles. The predicted octanol–water partition coefficient (Wildman–Crippen LogP) is 0.618. The SMILES string of the molecule is CCCN1CCCC1C(=O)NCC(C)(O)c1cnn(C)c1. The zero-order valence-corrected chi connectivity index (χ0v) is 13.2. The molecule has 1 saturated heterocycles. The number of hydrogen-bond acceptors (Lipinski definition) is 4. The molecule has 0 bridgehead atoms. The van der Waals surface area contributed by atoms with Gasteiger partial charge in [-0.05, 0) is 39.3 Å². The van der Waals surface area contributed by atoms with Gasteiger partial charge in [0.15, 0.2) is 0 Å².